The van der Waals surface area contributed by atoms with Crippen molar-refractivity contribution in [3.8, 4) is 0 Å². The van der Waals surface area contributed by atoms with E-state index in [2.05, 4.69) is 25.6 Å². The number of sulfonamides is 1. The summed E-state index contributed by atoms with van der Waals surface area (Å²) in [4.78, 5) is 3.71. The molecule has 0 saturated heterocycles. The predicted molar refractivity (Wildman–Crippen MR) is 78.6 cm³/mol. The standard InChI is InChI=1S/C13H12BrFN2O2S/c1-8-3-4-10(15)12(7-8)20(18,19)17-11-5-6-13(14)16-9(11)2/h3-7,17H,1-2H3. The summed E-state index contributed by atoms with van der Waals surface area (Å²) in [6.45, 7) is 3.36. The van der Waals surface area contributed by atoms with Crippen LogP contribution in [0.5, 0.6) is 0 Å². The van der Waals surface area contributed by atoms with E-state index in [1.165, 1.54) is 12.1 Å². The van der Waals surface area contributed by atoms with Gasteiger partial charge < -0.3 is 0 Å². The third kappa shape index (κ3) is 3.16. The van der Waals surface area contributed by atoms with E-state index in [4.69, 9.17) is 0 Å². The zero-order chi connectivity index (χ0) is 14.9. The number of hydrogen-bond acceptors (Lipinski definition) is 3. The number of anilines is 1. The number of rotatable bonds is 3. The van der Waals surface area contributed by atoms with Crippen LogP contribution in [0.3, 0.4) is 0 Å². The Bertz CT molecular complexity index is 763. The number of hydrogen-bond donors (Lipinski definition) is 1. The molecular weight excluding hydrogens is 347 g/mol. The second-order valence-electron chi connectivity index (χ2n) is 4.31. The third-order valence-corrected chi connectivity index (χ3v) is 4.49. The molecule has 0 spiro atoms. The molecule has 4 nitrogen and oxygen atoms in total. The van der Waals surface area contributed by atoms with Crippen LogP contribution in [-0.2, 0) is 10.0 Å². The summed E-state index contributed by atoms with van der Waals surface area (Å²) in [6, 6.07) is 7.12. The molecule has 1 heterocycles. The lowest BCUT2D eigenvalue weighted by atomic mass is 10.2. The van der Waals surface area contributed by atoms with Gasteiger partial charge in [-0.05, 0) is 59.6 Å². The fourth-order valence-corrected chi connectivity index (χ4v) is 3.33. The quantitative estimate of drug-likeness (QED) is 0.855. The number of aryl methyl sites for hydroxylation is 2. The molecule has 0 saturated carbocycles. The molecule has 0 unspecified atom stereocenters. The van der Waals surface area contributed by atoms with Gasteiger partial charge in [-0.2, -0.15) is 0 Å². The van der Waals surface area contributed by atoms with Crippen molar-refractivity contribution in [1.82, 2.24) is 4.98 Å². The van der Waals surface area contributed by atoms with Crippen molar-refractivity contribution in [2.75, 3.05) is 4.72 Å². The highest BCUT2D eigenvalue weighted by Crippen LogP contribution is 2.22. The van der Waals surface area contributed by atoms with Gasteiger partial charge in [0, 0.05) is 0 Å². The summed E-state index contributed by atoms with van der Waals surface area (Å²) in [5.41, 5.74) is 1.47. The highest BCUT2D eigenvalue weighted by atomic mass is 79.9. The van der Waals surface area contributed by atoms with Crippen molar-refractivity contribution >= 4 is 31.6 Å². The van der Waals surface area contributed by atoms with Crippen LogP contribution in [0, 0.1) is 19.7 Å². The zero-order valence-electron chi connectivity index (χ0n) is 10.8. The van der Waals surface area contributed by atoms with Crippen LogP contribution >= 0.6 is 15.9 Å². The molecule has 1 N–H and O–H groups in total. The Morgan fingerprint density at radius 3 is 2.55 bits per heavy atom. The van der Waals surface area contributed by atoms with Gasteiger partial charge >= 0.3 is 0 Å². The summed E-state index contributed by atoms with van der Waals surface area (Å²) in [5, 5.41) is 0. The number of pyridine rings is 1. The lowest BCUT2D eigenvalue weighted by Gasteiger charge is -2.11. The van der Waals surface area contributed by atoms with Crippen molar-refractivity contribution in [1.29, 1.82) is 0 Å². The Morgan fingerprint density at radius 1 is 1.20 bits per heavy atom. The second-order valence-corrected chi connectivity index (χ2v) is 6.77. The fraction of sp³-hybridized carbons (Fsp3) is 0.154. The maximum atomic E-state index is 13.7. The molecule has 0 fully saturated rings. The molecule has 20 heavy (non-hydrogen) atoms. The van der Waals surface area contributed by atoms with Crippen molar-refractivity contribution in [2.24, 2.45) is 0 Å². The van der Waals surface area contributed by atoms with Crippen molar-refractivity contribution < 1.29 is 12.8 Å². The first-order valence-corrected chi connectivity index (χ1v) is 7.99. The van der Waals surface area contributed by atoms with Gasteiger partial charge in [-0.1, -0.05) is 6.07 Å². The van der Waals surface area contributed by atoms with Crippen LogP contribution in [0.2, 0.25) is 0 Å². The first-order chi connectivity index (χ1) is 9.29. The van der Waals surface area contributed by atoms with Gasteiger partial charge in [0.15, 0.2) is 0 Å². The van der Waals surface area contributed by atoms with E-state index in [9.17, 15) is 12.8 Å². The molecule has 7 heteroatoms. The van der Waals surface area contributed by atoms with Gasteiger partial charge in [-0.15, -0.1) is 0 Å². The van der Waals surface area contributed by atoms with E-state index >= 15 is 0 Å². The predicted octanol–water partition coefficient (Wildman–Crippen LogP) is 3.40. The Kier molecular flexibility index (Phi) is 4.10. The summed E-state index contributed by atoms with van der Waals surface area (Å²) < 4.78 is 41.1. The molecule has 0 aliphatic rings. The fourth-order valence-electron chi connectivity index (χ4n) is 1.65. The minimum atomic E-state index is -3.98. The van der Waals surface area contributed by atoms with Gasteiger partial charge in [0.2, 0.25) is 0 Å². The monoisotopic (exact) mass is 358 g/mol. The Hall–Kier alpha value is -1.47. The molecule has 0 amide bonds. The average molecular weight is 359 g/mol. The van der Waals surface area contributed by atoms with Crippen LogP contribution in [0.15, 0.2) is 39.8 Å². The summed E-state index contributed by atoms with van der Waals surface area (Å²) in [6.07, 6.45) is 0. The van der Waals surface area contributed by atoms with E-state index in [1.54, 1.807) is 26.0 Å². The number of benzene rings is 1. The number of nitrogens with one attached hydrogen (secondary N) is 1. The molecule has 1 aromatic heterocycles. The smallest absolute Gasteiger partial charge is 0.264 e. The van der Waals surface area contributed by atoms with Gasteiger partial charge in [0.1, 0.15) is 15.3 Å². The van der Waals surface area contributed by atoms with Crippen LogP contribution in [-0.4, -0.2) is 13.4 Å². The lowest BCUT2D eigenvalue weighted by Crippen LogP contribution is -2.16. The minimum Gasteiger partial charge on any atom is -0.278 e. The third-order valence-electron chi connectivity index (χ3n) is 2.67. The number of nitrogens with zero attached hydrogens (tertiary/aromatic N) is 1. The topological polar surface area (TPSA) is 59.1 Å². The molecule has 2 rings (SSSR count). The van der Waals surface area contributed by atoms with Crippen molar-refractivity contribution in [2.45, 2.75) is 18.7 Å². The van der Waals surface area contributed by atoms with E-state index < -0.39 is 15.8 Å². The van der Waals surface area contributed by atoms with Gasteiger partial charge in [0.05, 0.1) is 11.4 Å². The molecule has 106 valence electrons. The first kappa shape index (κ1) is 14.9. The Morgan fingerprint density at radius 2 is 1.90 bits per heavy atom. The van der Waals surface area contributed by atoms with Crippen LogP contribution in [0.1, 0.15) is 11.3 Å². The summed E-state index contributed by atoms with van der Waals surface area (Å²) in [7, 11) is -3.98. The van der Waals surface area contributed by atoms with E-state index in [0.29, 0.717) is 21.5 Å². The van der Waals surface area contributed by atoms with Crippen LogP contribution < -0.4 is 4.72 Å². The van der Waals surface area contributed by atoms with E-state index in [-0.39, 0.29) is 4.90 Å². The summed E-state index contributed by atoms with van der Waals surface area (Å²) in [5.74, 6) is -0.786. The van der Waals surface area contributed by atoms with Crippen molar-refractivity contribution in [3.63, 3.8) is 0 Å². The molecule has 0 atom stereocenters. The second kappa shape index (κ2) is 5.49. The Balaban J connectivity index is 2.43. The van der Waals surface area contributed by atoms with Crippen molar-refractivity contribution in [3.05, 3.63) is 52.0 Å². The molecule has 0 aliphatic heterocycles. The average Bonchev–Trinajstić information content (AvgIpc) is 2.35. The normalized spacial score (nSPS) is 11.4. The highest BCUT2D eigenvalue weighted by molar-refractivity contribution is 9.10. The summed E-state index contributed by atoms with van der Waals surface area (Å²) >= 11 is 3.19. The highest BCUT2D eigenvalue weighted by Gasteiger charge is 2.20. The first-order valence-electron chi connectivity index (χ1n) is 5.72. The number of halogens is 2. The van der Waals surface area contributed by atoms with Gasteiger partial charge in [-0.3, -0.25) is 4.72 Å². The lowest BCUT2D eigenvalue weighted by molar-refractivity contribution is 0.570. The zero-order valence-corrected chi connectivity index (χ0v) is 13.2. The molecule has 0 aliphatic carbocycles. The molecular formula is C13H12BrFN2O2S. The van der Waals surface area contributed by atoms with Gasteiger partial charge in [-0.25, -0.2) is 17.8 Å². The minimum absolute atomic E-state index is 0.314. The molecule has 2 aromatic rings. The SMILES string of the molecule is Cc1ccc(F)c(S(=O)(=O)Nc2ccc(Br)nc2C)c1. The Labute approximate surface area is 125 Å². The number of aromatic nitrogens is 1. The van der Waals surface area contributed by atoms with Crippen LogP contribution in [0.25, 0.3) is 0 Å². The maximum absolute atomic E-state index is 13.7. The molecule has 1 aromatic carbocycles. The van der Waals surface area contributed by atoms with E-state index in [1.807, 2.05) is 0 Å². The van der Waals surface area contributed by atoms with Crippen LogP contribution in [0.4, 0.5) is 10.1 Å². The molecule has 0 bridgehead atoms. The maximum Gasteiger partial charge on any atom is 0.264 e. The van der Waals surface area contributed by atoms with Gasteiger partial charge in [0.25, 0.3) is 10.0 Å². The largest absolute Gasteiger partial charge is 0.278 e. The van der Waals surface area contributed by atoms with E-state index in [0.717, 1.165) is 6.07 Å². The molecule has 0 radical (unpaired) electrons.